The van der Waals surface area contributed by atoms with Crippen LogP contribution in [0.3, 0.4) is 0 Å². The van der Waals surface area contributed by atoms with Crippen molar-refractivity contribution in [2.75, 3.05) is 27.4 Å². The van der Waals surface area contributed by atoms with E-state index in [4.69, 9.17) is 18.9 Å². The van der Waals surface area contributed by atoms with Crippen molar-refractivity contribution in [1.29, 1.82) is 0 Å². The molecular weight excluding hydrogens is 512 g/mol. The Bertz CT molecular complexity index is 1270. The Balaban J connectivity index is 1.49. The Hall–Kier alpha value is -3.92. The van der Waals surface area contributed by atoms with Gasteiger partial charge in [-0.05, 0) is 41.0 Å². The third-order valence-corrected chi connectivity index (χ3v) is 7.60. The van der Waals surface area contributed by atoms with Crippen LogP contribution >= 0.6 is 0 Å². The lowest BCUT2D eigenvalue weighted by Gasteiger charge is -2.37. The maximum atomic E-state index is 12.5. The number of nitrogens with one attached hydrogen (secondary N) is 1. The fourth-order valence-electron chi connectivity index (χ4n) is 5.35. The molecule has 0 aromatic heterocycles. The summed E-state index contributed by atoms with van der Waals surface area (Å²) < 4.78 is 23.8. The molecule has 4 unspecified atom stereocenters. The minimum Gasteiger partial charge on any atom is -0.497 e. The summed E-state index contributed by atoms with van der Waals surface area (Å²) >= 11 is 0. The van der Waals surface area contributed by atoms with Crippen molar-refractivity contribution in [3.63, 3.8) is 0 Å². The van der Waals surface area contributed by atoms with E-state index >= 15 is 0 Å². The largest absolute Gasteiger partial charge is 0.497 e. The van der Waals surface area contributed by atoms with Gasteiger partial charge in [-0.3, -0.25) is 15.0 Å². The zero-order valence-corrected chi connectivity index (χ0v) is 22.8. The molecule has 3 amide bonds. The van der Waals surface area contributed by atoms with E-state index in [1.165, 1.54) is 4.90 Å². The van der Waals surface area contributed by atoms with Gasteiger partial charge in [-0.2, -0.15) is 0 Å². The van der Waals surface area contributed by atoms with Crippen molar-refractivity contribution < 1.29 is 33.6 Å². The number of imide groups is 1. The highest BCUT2D eigenvalue weighted by Crippen LogP contribution is 2.42. The molecule has 0 aliphatic carbocycles. The van der Waals surface area contributed by atoms with E-state index in [1.54, 1.807) is 21.1 Å². The third-order valence-electron chi connectivity index (χ3n) is 7.60. The molecule has 0 spiro atoms. The minimum absolute atomic E-state index is 0.0363. The first-order chi connectivity index (χ1) is 19.3. The maximum absolute atomic E-state index is 12.5. The van der Waals surface area contributed by atoms with Crippen molar-refractivity contribution in [1.82, 2.24) is 10.2 Å². The third kappa shape index (κ3) is 5.28. The van der Waals surface area contributed by atoms with Crippen molar-refractivity contribution in [2.24, 2.45) is 5.92 Å². The Kier molecular flexibility index (Phi) is 8.07. The van der Waals surface area contributed by atoms with Gasteiger partial charge >= 0.3 is 6.03 Å². The highest BCUT2D eigenvalue weighted by molar-refractivity contribution is 5.97. The smallest absolute Gasteiger partial charge is 0.326 e. The topological polar surface area (TPSA) is 107 Å². The number of amides is 3. The average Bonchev–Trinajstić information content (AvgIpc) is 3.36. The number of carbonyl (C=O) groups is 2. The Morgan fingerprint density at radius 2 is 1.45 bits per heavy atom. The van der Waals surface area contributed by atoms with Gasteiger partial charge in [0.25, 0.3) is 0 Å². The first kappa shape index (κ1) is 27.6. The summed E-state index contributed by atoms with van der Waals surface area (Å²) in [5, 5.41) is 13.3. The molecule has 3 aromatic rings. The van der Waals surface area contributed by atoms with Crippen molar-refractivity contribution in [2.45, 2.75) is 37.4 Å². The molecule has 2 N–H and O–H groups in total. The predicted molar refractivity (Wildman–Crippen MR) is 147 cm³/mol. The predicted octanol–water partition coefficient (Wildman–Crippen LogP) is 3.68. The number of urea groups is 1. The van der Waals surface area contributed by atoms with Crippen LogP contribution in [0, 0.1) is 5.92 Å². The standard InChI is InChI=1S/C31H34N2O7/c1-20-18-33(30(36)32-29(20)35)28-17-26(34)27(40-28)19-39-31(21-7-5-4-6-8-21,22-9-13-24(37-2)14-10-22)23-11-15-25(38-3)16-12-23/h4-16,20,26-28,34H,17-19H2,1-3H3,(H,32,35,36). The molecule has 2 saturated heterocycles. The number of hydrogen-bond donors (Lipinski definition) is 2. The van der Waals surface area contributed by atoms with Crippen molar-refractivity contribution in [3.05, 3.63) is 95.6 Å². The molecule has 2 heterocycles. The van der Waals surface area contributed by atoms with Gasteiger partial charge in [0.1, 0.15) is 29.4 Å². The molecule has 2 aliphatic heterocycles. The number of rotatable bonds is 9. The molecule has 210 valence electrons. The number of aliphatic hydroxyl groups is 1. The fraction of sp³-hybridized carbons (Fsp3) is 0.355. The van der Waals surface area contributed by atoms with Crippen LogP contribution in [0.5, 0.6) is 11.5 Å². The summed E-state index contributed by atoms with van der Waals surface area (Å²) in [6.45, 7) is 2.01. The van der Waals surface area contributed by atoms with E-state index in [9.17, 15) is 14.7 Å². The summed E-state index contributed by atoms with van der Waals surface area (Å²) in [5.74, 6) is 0.742. The van der Waals surface area contributed by atoms with E-state index in [1.807, 2.05) is 78.9 Å². The maximum Gasteiger partial charge on any atom is 0.326 e. The number of carbonyl (C=O) groups excluding carboxylic acids is 2. The van der Waals surface area contributed by atoms with Gasteiger partial charge in [0, 0.05) is 13.0 Å². The van der Waals surface area contributed by atoms with Gasteiger partial charge in [0.05, 0.1) is 32.8 Å². The molecule has 3 aromatic carbocycles. The monoisotopic (exact) mass is 546 g/mol. The lowest BCUT2D eigenvalue weighted by Crippen LogP contribution is -2.57. The van der Waals surface area contributed by atoms with E-state index in [2.05, 4.69) is 5.32 Å². The van der Waals surface area contributed by atoms with Crippen molar-refractivity contribution in [3.8, 4) is 11.5 Å². The SMILES string of the molecule is COc1ccc(C(OCC2OC(N3CC(C)C(=O)NC3=O)CC2O)(c2ccccc2)c2ccc(OC)cc2)cc1. The molecule has 40 heavy (non-hydrogen) atoms. The second-order valence-corrected chi connectivity index (χ2v) is 10.1. The quantitative estimate of drug-likeness (QED) is 0.395. The molecule has 9 heteroatoms. The molecule has 4 atom stereocenters. The molecule has 0 saturated carbocycles. The summed E-state index contributed by atoms with van der Waals surface area (Å²) in [7, 11) is 3.24. The van der Waals surface area contributed by atoms with E-state index in [0.717, 1.165) is 16.7 Å². The van der Waals surface area contributed by atoms with Crippen LogP contribution in [0.15, 0.2) is 78.9 Å². The van der Waals surface area contributed by atoms with E-state index in [0.29, 0.717) is 11.5 Å². The molecule has 9 nitrogen and oxygen atoms in total. The number of methoxy groups -OCH3 is 2. The lowest BCUT2D eigenvalue weighted by molar-refractivity contribution is -0.130. The van der Waals surface area contributed by atoms with Crippen LogP contribution in [0.25, 0.3) is 0 Å². The normalized spacial score (nSPS) is 23.1. The number of ether oxygens (including phenoxy) is 4. The highest BCUT2D eigenvalue weighted by atomic mass is 16.6. The number of benzene rings is 3. The highest BCUT2D eigenvalue weighted by Gasteiger charge is 2.45. The number of aliphatic hydroxyl groups excluding tert-OH is 1. The molecular formula is C31H34N2O7. The Morgan fingerprint density at radius 1 is 0.900 bits per heavy atom. The van der Waals surface area contributed by atoms with Crippen LogP contribution in [0.4, 0.5) is 4.79 Å². The number of hydrogen-bond acceptors (Lipinski definition) is 7. The average molecular weight is 547 g/mol. The molecule has 0 bridgehead atoms. The number of nitrogens with zero attached hydrogens (tertiary/aromatic N) is 1. The summed E-state index contributed by atoms with van der Waals surface area (Å²) in [6.07, 6.45) is -2.03. The van der Waals surface area contributed by atoms with Gasteiger partial charge in [0.2, 0.25) is 5.91 Å². The van der Waals surface area contributed by atoms with Crippen LogP contribution in [0.2, 0.25) is 0 Å². The molecule has 5 rings (SSSR count). The van der Waals surface area contributed by atoms with Gasteiger partial charge in [-0.15, -0.1) is 0 Å². The zero-order valence-electron chi connectivity index (χ0n) is 22.8. The zero-order chi connectivity index (χ0) is 28.3. The first-order valence-corrected chi connectivity index (χ1v) is 13.3. The molecule has 0 radical (unpaired) electrons. The Morgan fingerprint density at radius 3 is 2.00 bits per heavy atom. The van der Waals surface area contributed by atoms with Crippen LogP contribution < -0.4 is 14.8 Å². The Labute approximate surface area is 233 Å². The van der Waals surface area contributed by atoms with Gasteiger partial charge in [-0.25, -0.2) is 4.79 Å². The molecule has 2 aliphatic rings. The second kappa shape index (κ2) is 11.7. The lowest BCUT2D eigenvalue weighted by atomic mass is 9.80. The minimum atomic E-state index is -1.07. The van der Waals surface area contributed by atoms with Crippen LogP contribution in [0.1, 0.15) is 30.0 Å². The fourth-order valence-corrected chi connectivity index (χ4v) is 5.35. The van der Waals surface area contributed by atoms with Gasteiger partial charge < -0.3 is 24.1 Å². The van der Waals surface area contributed by atoms with Gasteiger partial charge in [-0.1, -0.05) is 61.5 Å². The summed E-state index contributed by atoms with van der Waals surface area (Å²) in [4.78, 5) is 25.9. The van der Waals surface area contributed by atoms with Crippen LogP contribution in [-0.2, 0) is 19.9 Å². The summed E-state index contributed by atoms with van der Waals surface area (Å²) in [5.41, 5.74) is 1.54. The van der Waals surface area contributed by atoms with Gasteiger partial charge in [0.15, 0.2) is 0 Å². The second-order valence-electron chi connectivity index (χ2n) is 10.1. The van der Waals surface area contributed by atoms with E-state index in [-0.39, 0.29) is 31.4 Å². The van der Waals surface area contributed by atoms with Crippen LogP contribution in [-0.4, -0.2) is 67.8 Å². The van der Waals surface area contributed by atoms with E-state index < -0.39 is 30.1 Å². The van der Waals surface area contributed by atoms with Crippen molar-refractivity contribution >= 4 is 11.9 Å². The molecule has 2 fully saturated rings. The first-order valence-electron chi connectivity index (χ1n) is 13.3. The summed E-state index contributed by atoms with van der Waals surface area (Å²) in [6, 6.07) is 24.7.